The van der Waals surface area contributed by atoms with Crippen LogP contribution < -0.4 is 16.0 Å². The molecule has 0 aromatic heterocycles. The van der Waals surface area contributed by atoms with Gasteiger partial charge in [-0.1, -0.05) is 115 Å². The number of unbranched alkanes of at least 4 members (excludes halogenated alkanes) is 9. The minimum atomic E-state index is -4.79. The predicted molar refractivity (Wildman–Crippen MR) is 278 cm³/mol. The van der Waals surface area contributed by atoms with Crippen molar-refractivity contribution in [3.63, 3.8) is 0 Å². The zero-order valence-electron chi connectivity index (χ0n) is 41.8. The van der Waals surface area contributed by atoms with Crippen LogP contribution in [-0.2, 0) is 32.3 Å². The average molecular weight is 1020 g/mol. The zero-order valence-corrected chi connectivity index (χ0v) is 45.1. The van der Waals surface area contributed by atoms with Crippen molar-refractivity contribution in [1.82, 2.24) is 16.0 Å². The number of phosphoric acid groups is 1. The van der Waals surface area contributed by atoms with Crippen molar-refractivity contribution >= 4 is 61.4 Å². The zero-order chi connectivity index (χ0) is 49.7. The quantitative estimate of drug-likeness (QED) is 0.0229. The largest absolute Gasteiger partial charge is 0.475 e. The highest BCUT2D eigenvalue weighted by Crippen LogP contribution is 2.56. The summed E-state index contributed by atoms with van der Waals surface area (Å²) in [6, 6.07) is 20.1. The lowest BCUT2D eigenvalue weighted by molar-refractivity contribution is 0.0143. The molecule has 0 heterocycles. The van der Waals surface area contributed by atoms with Crippen LogP contribution in [-0.4, -0.2) is 75.2 Å². The van der Waals surface area contributed by atoms with E-state index in [0.717, 1.165) is 91.7 Å². The molecule has 0 radical (unpaired) electrons. The molecule has 68 heavy (non-hydrogen) atoms. The van der Waals surface area contributed by atoms with Gasteiger partial charge in [0.25, 0.3) is 0 Å². The van der Waals surface area contributed by atoms with E-state index in [4.69, 9.17) is 27.8 Å². The van der Waals surface area contributed by atoms with Crippen LogP contribution in [0.15, 0.2) is 87.5 Å². The Labute approximate surface area is 419 Å². The number of thioether (sulfide) groups is 3. The van der Waals surface area contributed by atoms with Gasteiger partial charge in [0.2, 0.25) is 0 Å². The minimum Gasteiger partial charge on any atom is -0.450 e. The van der Waals surface area contributed by atoms with E-state index in [1.165, 1.54) is 35.3 Å². The first-order valence-electron chi connectivity index (χ1n) is 24.2. The molecule has 0 saturated heterocycles. The molecule has 0 saturated carbocycles. The van der Waals surface area contributed by atoms with Crippen molar-refractivity contribution in [3.05, 3.63) is 89.5 Å². The highest BCUT2D eigenvalue weighted by Gasteiger charge is 2.41. The van der Waals surface area contributed by atoms with Gasteiger partial charge in [0, 0.05) is 14.7 Å². The maximum absolute atomic E-state index is 15.8. The van der Waals surface area contributed by atoms with Crippen molar-refractivity contribution in [2.75, 3.05) is 38.6 Å². The molecule has 0 aliphatic rings. The molecule has 0 fully saturated rings. The monoisotopic (exact) mass is 1020 g/mol. The molecule has 3 N–H and O–H groups in total. The summed E-state index contributed by atoms with van der Waals surface area (Å²) in [4.78, 5) is 43.2. The van der Waals surface area contributed by atoms with Crippen LogP contribution >= 0.6 is 43.1 Å². The number of carbonyl (C=O) groups is 3. The van der Waals surface area contributed by atoms with E-state index in [2.05, 4.69) is 36.7 Å². The van der Waals surface area contributed by atoms with Gasteiger partial charge in [-0.25, -0.2) is 18.9 Å². The molecule has 3 aromatic rings. The van der Waals surface area contributed by atoms with Crippen LogP contribution in [0.2, 0.25) is 0 Å². The van der Waals surface area contributed by atoms with Gasteiger partial charge in [-0.3, -0.25) is 13.6 Å². The van der Waals surface area contributed by atoms with E-state index in [1.807, 2.05) is 91.6 Å². The van der Waals surface area contributed by atoms with Crippen LogP contribution in [0, 0.1) is 0 Å². The van der Waals surface area contributed by atoms with Gasteiger partial charge in [-0.05, 0) is 112 Å². The third-order valence-corrected chi connectivity index (χ3v) is 15.1. The summed E-state index contributed by atoms with van der Waals surface area (Å²) in [7, 11) is -4.79. The van der Waals surface area contributed by atoms with Gasteiger partial charge >= 0.3 is 26.1 Å². The van der Waals surface area contributed by atoms with Crippen LogP contribution in [0.5, 0.6) is 0 Å². The molecular formula is C51H78N3O10PS3. The molecule has 380 valence electrons. The first-order valence-corrected chi connectivity index (χ1v) is 29.3. The first kappa shape index (κ1) is 58.9. The highest BCUT2D eigenvalue weighted by molar-refractivity contribution is 7.99. The lowest BCUT2D eigenvalue weighted by Gasteiger charge is -2.34. The standard InChI is InChI=1S/C51H78N3O10PS3/c1-10-13-16-19-31-59-49(55)52-46(40-25-22-28-43(34-40)66-7)37(4)62-65(58,63-38(5)47(41-26-23-29-44(35-41)67-8)53-50(56)60-32-20-17-14-11-2)64-39(6)48(42-27-24-30-45(36-42)68-9)54-51(57)61-33-21-18-15-12-3/h22-30,34-39,46-48H,10-21,31-33H2,1-9H3,(H,52,55)(H,53,56)(H,54,57). The van der Waals surface area contributed by atoms with Gasteiger partial charge in [0.15, 0.2) is 0 Å². The summed E-state index contributed by atoms with van der Waals surface area (Å²) < 4.78 is 52.3. The lowest BCUT2D eigenvalue weighted by atomic mass is 10.0. The Morgan fingerprint density at radius 2 is 0.750 bits per heavy atom. The van der Waals surface area contributed by atoms with E-state index < -0.39 is 62.5 Å². The first-order chi connectivity index (χ1) is 32.8. The summed E-state index contributed by atoms with van der Waals surface area (Å²) in [5, 5.41) is 8.89. The smallest absolute Gasteiger partial charge is 0.450 e. The van der Waals surface area contributed by atoms with E-state index in [9.17, 15) is 14.4 Å². The number of nitrogens with one attached hydrogen (secondary N) is 3. The third-order valence-electron chi connectivity index (χ3n) is 11.2. The fourth-order valence-corrected chi connectivity index (χ4v) is 10.5. The Morgan fingerprint density at radius 3 is 1.00 bits per heavy atom. The predicted octanol–water partition coefficient (Wildman–Crippen LogP) is 14.6. The second-order valence-electron chi connectivity index (χ2n) is 16.7. The van der Waals surface area contributed by atoms with Crippen molar-refractivity contribution in [2.45, 2.75) is 170 Å². The third kappa shape index (κ3) is 21.7. The molecule has 0 bridgehead atoms. The van der Waals surface area contributed by atoms with Crippen LogP contribution in [0.1, 0.15) is 153 Å². The Balaban J connectivity index is 2.11. The van der Waals surface area contributed by atoms with Gasteiger partial charge in [0.1, 0.15) is 0 Å². The SMILES string of the molecule is CCCCCCOC(=O)NC(c1cccc(SC)c1)C(C)OP(=O)(OC(C)C(NC(=O)OCCCCCC)c1cccc(SC)c1)OC(C)C(NC(=O)OCCCCCC)c1cccc(SC)c1. The molecule has 3 aromatic carbocycles. The molecule has 0 aliphatic carbocycles. The molecule has 0 aliphatic heterocycles. The maximum Gasteiger partial charge on any atom is 0.475 e. The van der Waals surface area contributed by atoms with Crippen molar-refractivity contribution in [2.24, 2.45) is 0 Å². The van der Waals surface area contributed by atoms with E-state index in [0.29, 0.717) is 16.7 Å². The van der Waals surface area contributed by atoms with Gasteiger partial charge in [-0.2, -0.15) is 0 Å². The van der Waals surface area contributed by atoms with E-state index >= 15 is 4.57 Å². The second kappa shape index (κ2) is 33.3. The number of rotatable bonds is 33. The highest BCUT2D eigenvalue weighted by atomic mass is 32.2. The topological polar surface area (TPSA) is 160 Å². The molecule has 0 spiro atoms. The minimum absolute atomic E-state index is 0.235. The number of benzene rings is 3. The van der Waals surface area contributed by atoms with E-state index in [1.54, 1.807) is 20.8 Å². The number of hydrogen-bond donors (Lipinski definition) is 3. The summed E-state index contributed by atoms with van der Waals surface area (Å²) >= 11 is 4.60. The van der Waals surface area contributed by atoms with Crippen molar-refractivity contribution < 1.29 is 46.7 Å². The van der Waals surface area contributed by atoms with Crippen LogP contribution in [0.3, 0.4) is 0 Å². The number of amides is 3. The van der Waals surface area contributed by atoms with Crippen molar-refractivity contribution in [3.8, 4) is 0 Å². The maximum atomic E-state index is 15.8. The number of phosphoric ester groups is 1. The van der Waals surface area contributed by atoms with Gasteiger partial charge < -0.3 is 30.2 Å². The number of alkyl carbamates (subject to hydrolysis) is 3. The van der Waals surface area contributed by atoms with E-state index in [-0.39, 0.29) is 19.8 Å². The summed E-state index contributed by atoms with van der Waals surface area (Å²) in [5.74, 6) is 0. The fraction of sp³-hybridized carbons (Fsp3) is 0.588. The summed E-state index contributed by atoms with van der Waals surface area (Å²) in [6.45, 7) is 12.1. The average Bonchev–Trinajstić information content (AvgIpc) is 3.33. The van der Waals surface area contributed by atoms with Crippen molar-refractivity contribution in [1.29, 1.82) is 0 Å². The van der Waals surface area contributed by atoms with Gasteiger partial charge in [-0.15, -0.1) is 35.3 Å². The number of carbonyl (C=O) groups excluding carboxylic acids is 3. The normalized spacial score (nSPS) is 14.9. The van der Waals surface area contributed by atoms with Crippen LogP contribution in [0.4, 0.5) is 14.4 Å². The number of hydrogen-bond acceptors (Lipinski definition) is 13. The second-order valence-corrected chi connectivity index (χ2v) is 20.8. The summed E-state index contributed by atoms with van der Waals surface area (Å²) in [6.07, 6.45) is 11.9. The van der Waals surface area contributed by atoms with Crippen LogP contribution in [0.25, 0.3) is 0 Å². The molecule has 13 nitrogen and oxygen atoms in total. The molecule has 3 amide bonds. The molecule has 3 rings (SSSR count). The summed E-state index contributed by atoms with van der Waals surface area (Å²) in [5.41, 5.74) is 2.01. The Kier molecular flexibility index (Phi) is 28.8. The molecule has 6 unspecified atom stereocenters. The Bertz CT molecular complexity index is 1760. The fourth-order valence-electron chi connectivity index (χ4n) is 7.38. The lowest BCUT2D eigenvalue weighted by Crippen LogP contribution is -2.40. The van der Waals surface area contributed by atoms with Gasteiger partial charge in [0.05, 0.1) is 56.3 Å². The Morgan fingerprint density at radius 1 is 0.471 bits per heavy atom. The Hall–Kier alpha value is -3.37. The number of ether oxygens (including phenoxy) is 3. The molecule has 6 atom stereocenters. The molecule has 17 heteroatoms. The molecular weight excluding hydrogens is 942 g/mol.